The van der Waals surface area contributed by atoms with Crippen LogP contribution in [0, 0.1) is 11.6 Å². The first-order valence-electron chi connectivity index (χ1n) is 6.74. The number of hydrogen-bond acceptors (Lipinski definition) is 4. The van der Waals surface area contributed by atoms with E-state index in [1.807, 2.05) is 30.3 Å². The van der Waals surface area contributed by atoms with Gasteiger partial charge in [0.05, 0.1) is 6.04 Å². The summed E-state index contributed by atoms with van der Waals surface area (Å²) in [5, 5.41) is 6.82. The molecule has 4 nitrogen and oxygen atoms in total. The Hall–Kier alpha value is -2.76. The van der Waals surface area contributed by atoms with Gasteiger partial charge in [0.15, 0.2) is 11.6 Å². The highest BCUT2D eigenvalue weighted by Crippen LogP contribution is 2.22. The van der Waals surface area contributed by atoms with Gasteiger partial charge in [-0.15, -0.1) is 0 Å². The van der Waals surface area contributed by atoms with Crippen LogP contribution in [0.1, 0.15) is 18.5 Å². The van der Waals surface area contributed by atoms with Crippen molar-refractivity contribution in [1.82, 2.24) is 10.1 Å². The highest BCUT2D eigenvalue weighted by atomic mass is 19.2. The summed E-state index contributed by atoms with van der Waals surface area (Å²) in [6, 6.07) is 12.8. The van der Waals surface area contributed by atoms with Crippen molar-refractivity contribution in [3.8, 4) is 11.5 Å². The standard InChI is InChI=1S/C16H13F2N3O/c1-10(12-7-8-13(17)14(18)9-12)19-16-20-15(22-21-16)11-5-3-2-4-6-11/h2-10H,1H3,(H,19,21). The molecule has 1 heterocycles. The molecular formula is C16H13F2N3O. The van der Waals surface area contributed by atoms with Crippen molar-refractivity contribution in [3.05, 3.63) is 65.7 Å². The molecule has 2 aromatic carbocycles. The number of nitrogens with one attached hydrogen (secondary N) is 1. The van der Waals surface area contributed by atoms with Crippen LogP contribution in [-0.2, 0) is 0 Å². The van der Waals surface area contributed by atoms with Gasteiger partial charge in [-0.1, -0.05) is 24.3 Å². The molecule has 0 fully saturated rings. The molecule has 0 spiro atoms. The molecular weight excluding hydrogens is 288 g/mol. The van der Waals surface area contributed by atoms with Crippen molar-refractivity contribution in [2.24, 2.45) is 0 Å². The fraction of sp³-hybridized carbons (Fsp3) is 0.125. The van der Waals surface area contributed by atoms with Gasteiger partial charge in [-0.05, 0) is 41.9 Å². The summed E-state index contributed by atoms with van der Waals surface area (Å²) in [6.45, 7) is 1.80. The Labute approximate surface area is 125 Å². The largest absolute Gasteiger partial charge is 0.345 e. The normalized spacial score (nSPS) is 12.1. The van der Waals surface area contributed by atoms with Crippen LogP contribution < -0.4 is 5.32 Å². The summed E-state index contributed by atoms with van der Waals surface area (Å²) in [6.07, 6.45) is 0. The Bertz CT molecular complexity index is 774. The first-order chi connectivity index (χ1) is 10.6. The van der Waals surface area contributed by atoms with E-state index >= 15 is 0 Å². The topological polar surface area (TPSA) is 51.0 Å². The number of anilines is 1. The molecule has 1 unspecified atom stereocenters. The molecule has 1 N–H and O–H groups in total. The fourth-order valence-electron chi connectivity index (χ4n) is 2.04. The summed E-state index contributed by atoms with van der Waals surface area (Å²) < 4.78 is 31.4. The molecule has 22 heavy (non-hydrogen) atoms. The average Bonchev–Trinajstić information content (AvgIpc) is 2.99. The Morgan fingerprint density at radius 3 is 2.55 bits per heavy atom. The Balaban J connectivity index is 1.76. The third-order valence-electron chi connectivity index (χ3n) is 3.24. The SMILES string of the molecule is CC(Nc1noc(-c2ccccc2)n1)c1ccc(F)c(F)c1. The van der Waals surface area contributed by atoms with Gasteiger partial charge in [-0.2, -0.15) is 4.98 Å². The molecule has 0 radical (unpaired) electrons. The smallest absolute Gasteiger partial charge is 0.264 e. The highest BCUT2D eigenvalue weighted by molar-refractivity contribution is 5.53. The van der Waals surface area contributed by atoms with Crippen LogP contribution in [0.4, 0.5) is 14.7 Å². The molecule has 0 aliphatic rings. The Kier molecular flexibility index (Phi) is 3.82. The second-order valence-electron chi connectivity index (χ2n) is 4.83. The minimum atomic E-state index is -0.885. The summed E-state index contributed by atoms with van der Waals surface area (Å²) in [5.74, 6) is -1.08. The third-order valence-corrected chi connectivity index (χ3v) is 3.24. The van der Waals surface area contributed by atoms with Crippen LogP contribution in [0.15, 0.2) is 53.1 Å². The monoisotopic (exact) mass is 301 g/mol. The van der Waals surface area contributed by atoms with E-state index < -0.39 is 11.6 Å². The summed E-state index contributed by atoms with van der Waals surface area (Å²) in [7, 11) is 0. The first kappa shape index (κ1) is 14.2. The van der Waals surface area contributed by atoms with E-state index in [0.717, 1.165) is 17.7 Å². The molecule has 3 rings (SSSR count). The molecule has 1 aromatic heterocycles. The quantitative estimate of drug-likeness (QED) is 0.785. The van der Waals surface area contributed by atoms with Gasteiger partial charge in [0.1, 0.15) is 0 Å². The molecule has 3 aromatic rings. The molecule has 0 aliphatic heterocycles. The number of rotatable bonds is 4. The van der Waals surface area contributed by atoms with E-state index in [1.54, 1.807) is 6.92 Å². The van der Waals surface area contributed by atoms with E-state index in [4.69, 9.17) is 4.52 Å². The average molecular weight is 301 g/mol. The van der Waals surface area contributed by atoms with Gasteiger partial charge < -0.3 is 9.84 Å². The zero-order valence-corrected chi connectivity index (χ0v) is 11.8. The van der Waals surface area contributed by atoms with Gasteiger partial charge in [-0.3, -0.25) is 0 Å². The van der Waals surface area contributed by atoms with Crippen molar-refractivity contribution >= 4 is 5.95 Å². The fourth-order valence-corrected chi connectivity index (χ4v) is 2.04. The second-order valence-corrected chi connectivity index (χ2v) is 4.83. The maximum Gasteiger partial charge on any atom is 0.264 e. The lowest BCUT2D eigenvalue weighted by Gasteiger charge is -2.12. The number of halogens is 2. The number of nitrogens with zero attached hydrogens (tertiary/aromatic N) is 2. The van der Waals surface area contributed by atoms with E-state index in [1.165, 1.54) is 6.07 Å². The van der Waals surface area contributed by atoms with Crippen LogP contribution in [0.2, 0.25) is 0 Å². The lowest BCUT2D eigenvalue weighted by Crippen LogP contribution is -2.08. The molecule has 112 valence electrons. The summed E-state index contributed by atoms with van der Waals surface area (Å²) in [4.78, 5) is 4.23. The van der Waals surface area contributed by atoms with Crippen LogP contribution in [0.5, 0.6) is 0 Å². The van der Waals surface area contributed by atoms with Crippen molar-refractivity contribution in [1.29, 1.82) is 0 Å². The molecule has 0 saturated heterocycles. The van der Waals surface area contributed by atoms with Gasteiger partial charge >= 0.3 is 0 Å². The first-order valence-corrected chi connectivity index (χ1v) is 6.74. The van der Waals surface area contributed by atoms with Gasteiger partial charge in [0.25, 0.3) is 11.8 Å². The zero-order chi connectivity index (χ0) is 15.5. The molecule has 0 saturated carbocycles. The minimum absolute atomic E-state index is 0.288. The number of aromatic nitrogens is 2. The Morgan fingerprint density at radius 2 is 1.82 bits per heavy atom. The van der Waals surface area contributed by atoms with Crippen molar-refractivity contribution in [2.45, 2.75) is 13.0 Å². The predicted molar refractivity (Wildman–Crippen MR) is 78.1 cm³/mol. The Morgan fingerprint density at radius 1 is 1.05 bits per heavy atom. The maximum absolute atomic E-state index is 13.3. The second kappa shape index (κ2) is 5.93. The predicted octanol–water partition coefficient (Wildman–Crippen LogP) is 4.19. The van der Waals surface area contributed by atoms with E-state index in [9.17, 15) is 8.78 Å². The number of hydrogen-bond donors (Lipinski definition) is 1. The molecule has 6 heteroatoms. The number of benzene rings is 2. The lowest BCUT2D eigenvalue weighted by atomic mass is 10.1. The third kappa shape index (κ3) is 2.95. The van der Waals surface area contributed by atoms with Gasteiger partial charge in [0, 0.05) is 5.56 Å². The minimum Gasteiger partial charge on any atom is -0.345 e. The molecule has 1 atom stereocenters. The van der Waals surface area contributed by atoms with Crippen molar-refractivity contribution < 1.29 is 13.3 Å². The molecule has 0 aliphatic carbocycles. The van der Waals surface area contributed by atoms with Crippen LogP contribution in [0.25, 0.3) is 11.5 Å². The van der Waals surface area contributed by atoms with Crippen molar-refractivity contribution in [2.75, 3.05) is 5.32 Å². The van der Waals surface area contributed by atoms with E-state index in [2.05, 4.69) is 15.5 Å². The van der Waals surface area contributed by atoms with Crippen LogP contribution >= 0.6 is 0 Å². The van der Waals surface area contributed by atoms with E-state index in [0.29, 0.717) is 11.5 Å². The van der Waals surface area contributed by atoms with Crippen molar-refractivity contribution in [3.63, 3.8) is 0 Å². The highest BCUT2D eigenvalue weighted by Gasteiger charge is 2.13. The van der Waals surface area contributed by atoms with Crippen LogP contribution in [0.3, 0.4) is 0 Å². The zero-order valence-electron chi connectivity index (χ0n) is 11.8. The summed E-state index contributed by atoms with van der Waals surface area (Å²) >= 11 is 0. The lowest BCUT2D eigenvalue weighted by molar-refractivity contribution is 0.431. The van der Waals surface area contributed by atoms with Crippen LogP contribution in [-0.4, -0.2) is 10.1 Å². The summed E-state index contributed by atoms with van der Waals surface area (Å²) in [5.41, 5.74) is 1.40. The molecule has 0 bridgehead atoms. The van der Waals surface area contributed by atoms with E-state index in [-0.39, 0.29) is 12.0 Å². The van der Waals surface area contributed by atoms with Gasteiger partial charge in [0.2, 0.25) is 0 Å². The maximum atomic E-state index is 13.3. The van der Waals surface area contributed by atoms with Gasteiger partial charge in [-0.25, -0.2) is 8.78 Å². The molecule has 0 amide bonds.